The van der Waals surface area contributed by atoms with E-state index in [9.17, 15) is 4.79 Å². The zero-order valence-corrected chi connectivity index (χ0v) is 11.1. The molecule has 0 spiro atoms. The molecule has 3 rings (SSSR count). The minimum absolute atomic E-state index is 0.102. The number of aromatic nitrogens is 3. The maximum atomic E-state index is 12.0. The molecule has 1 aliphatic rings. The monoisotopic (exact) mass is 265 g/mol. The summed E-state index contributed by atoms with van der Waals surface area (Å²) in [6.07, 6.45) is 5.11. The summed E-state index contributed by atoms with van der Waals surface area (Å²) in [6.45, 7) is 2.41. The van der Waals surface area contributed by atoms with Crippen LogP contribution in [-0.2, 0) is 25.8 Å². The van der Waals surface area contributed by atoms with Crippen LogP contribution in [0.1, 0.15) is 42.1 Å². The van der Waals surface area contributed by atoms with Gasteiger partial charge in [-0.05, 0) is 25.7 Å². The molecule has 0 unspecified atom stereocenters. The summed E-state index contributed by atoms with van der Waals surface area (Å²) in [4.78, 5) is 17.6. The predicted molar refractivity (Wildman–Crippen MR) is 68.0 cm³/mol. The zero-order chi connectivity index (χ0) is 12.5. The van der Waals surface area contributed by atoms with E-state index in [1.165, 1.54) is 28.3 Å². The van der Waals surface area contributed by atoms with Crippen LogP contribution in [0.15, 0.2) is 9.32 Å². The van der Waals surface area contributed by atoms with Crippen LogP contribution in [-0.4, -0.2) is 14.7 Å². The van der Waals surface area contributed by atoms with Gasteiger partial charge in [0, 0.05) is 17.0 Å². The van der Waals surface area contributed by atoms with Crippen molar-refractivity contribution in [2.75, 3.05) is 0 Å². The first kappa shape index (κ1) is 11.6. The van der Waals surface area contributed by atoms with Crippen LogP contribution in [0.5, 0.6) is 0 Å². The molecule has 1 aliphatic carbocycles. The number of aryl methyl sites for hydroxylation is 2. The zero-order valence-electron chi connectivity index (χ0n) is 10.3. The lowest BCUT2D eigenvalue weighted by Crippen LogP contribution is -2.18. The van der Waals surface area contributed by atoms with E-state index in [0.29, 0.717) is 18.3 Å². The quantitative estimate of drug-likeness (QED) is 0.848. The van der Waals surface area contributed by atoms with Crippen LogP contribution < -0.4 is 4.87 Å². The van der Waals surface area contributed by atoms with Gasteiger partial charge >= 0.3 is 4.87 Å². The summed E-state index contributed by atoms with van der Waals surface area (Å²) < 4.78 is 6.88. The molecule has 2 heterocycles. The Morgan fingerprint density at radius 3 is 3.00 bits per heavy atom. The fourth-order valence-corrected chi connectivity index (χ4v) is 3.40. The third-order valence-corrected chi connectivity index (χ3v) is 4.34. The van der Waals surface area contributed by atoms with E-state index >= 15 is 0 Å². The third kappa shape index (κ3) is 2.01. The summed E-state index contributed by atoms with van der Waals surface area (Å²) in [5.41, 5.74) is 1.18. The first-order chi connectivity index (χ1) is 8.78. The summed E-state index contributed by atoms with van der Waals surface area (Å²) in [5.74, 6) is 1.22. The fourth-order valence-electron chi connectivity index (χ4n) is 2.33. The molecule has 5 nitrogen and oxygen atoms in total. The van der Waals surface area contributed by atoms with Crippen LogP contribution in [0.3, 0.4) is 0 Å². The molecule has 0 radical (unpaired) electrons. The molecule has 2 aromatic rings. The molecule has 0 fully saturated rings. The van der Waals surface area contributed by atoms with E-state index in [4.69, 9.17) is 4.52 Å². The van der Waals surface area contributed by atoms with Gasteiger partial charge in [0.25, 0.3) is 0 Å². The molecule has 0 amide bonds. The Kier molecular flexibility index (Phi) is 3.03. The Balaban J connectivity index is 1.92. The lowest BCUT2D eigenvalue weighted by atomic mass is 10.0. The molecule has 96 valence electrons. The average Bonchev–Trinajstić information content (AvgIpc) is 2.96. The van der Waals surface area contributed by atoms with Gasteiger partial charge in [0.15, 0.2) is 5.82 Å². The topological polar surface area (TPSA) is 60.9 Å². The van der Waals surface area contributed by atoms with Gasteiger partial charge < -0.3 is 4.52 Å². The van der Waals surface area contributed by atoms with Crippen molar-refractivity contribution < 1.29 is 4.52 Å². The highest BCUT2D eigenvalue weighted by atomic mass is 32.1. The normalized spacial score (nSPS) is 14.7. The third-order valence-electron chi connectivity index (χ3n) is 3.26. The predicted octanol–water partition coefficient (Wildman–Crippen LogP) is 1.78. The van der Waals surface area contributed by atoms with E-state index in [-0.39, 0.29) is 4.87 Å². The Labute approximate surface area is 108 Å². The van der Waals surface area contributed by atoms with Crippen LogP contribution in [0.2, 0.25) is 0 Å². The second kappa shape index (κ2) is 4.68. The highest BCUT2D eigenvalue weighted by Crippen LogP contribution is 2.23. The summed E-state index contributed by atoms with van der Waals surface area (Å²) in [7, 11) is 0. The maximum absolute atomic E-state index is 12.0. The summed E-state index contributed by atoms with van der Waals surface area (Å²) in [6, 6.07) is 0. The van der Waals surface area contributed by atoms with Gasteiger partial charge in [-0.25, -0.2) is 0 Å². The van der Waals surface area contributed by atoms with Crippen molar-refractivity contribution >= 4 is 11.3 Å². The highest BCUT2D eigenvalue weighted by molar-refractivity contribution is 7.09. The molecule has 0 bridgehead atoms. The van der Waals surface area contributed by atoms with Crippen LogP contribution in [0.4, 0.5) is 0 Å². The fraction of sp³-hybridized carbons (Fsp3) is 0.583. The van der Waals surface area contributed by atoms with E-state index in [1.54, 1.807) is 0 Å². The Morgan fingerprint density at radius 2 is 2.22 bits per heavy atom. The van der Waals surface area contributed by atoms with E-state index in [1.807, 2.05) is 11.5 Å². The molecule has 2 aromatic heterocycles. The van der Waals surface area contributed by atoms with E-state index in [2.05, 4.69) is 10.1 Å². The standard InChI is InChI=1S/C12H15N3O2S/c1-2-11-13-10(14-17-11)7-15-8-5-3-4-6-9(8)18-12(15)16/h2-7H2,1H3. The summed E-state index contributed by atoms with van der Waals surface area (Å²) in [5, 5.41) is 3.91. The molecule has 18 heavy (non-hydrogen) atoms. The second-order valence-corrected chi connectivity index (χ2v) is 5.54. The van der Waals surface area contributed by atoms with Crippen molar-refractivity contribution in [1.82, 2.24) is 14.7 Å². The minimum Gasteiger partial charge on any atom is -0.339 e. The van der Waals surface area contributed by atoms with Crippen molar-refractivity contribution in [3.8, 4) is 0 Å². The number of hydrogen-bond acceptors (Lipinski definition) is 5. The van der Waals surface area contributed by atoms with Crippen LogP contribution in [0, 0.1) is 0 Å². The molecule has 0 saturated heterocycles. The SMILES string of the molecule is CCc1nc(Cn2c3c(sc2=O)CCCC3)no1. The van der Waals surface area contributed by atoms with Crippen LogP contribution in [0.25, 0.3) is 0 Å². The summed E-state index contributed by atoms with van der Waals surface area (Å²) >= 11 is 1.37. The maximum Gasteiger partial charge on any atom is 0.307 e. The van der Waals surface area contributed by atoms with Crippen molar-refractivity contribution in [1.29, 1.82) is 0 Å². The Bertz CT molecular complexity index is 611. The highest BCUT2D eigenvalue weighted by Gasteiger charge is 2.19. The minimum atomic E-state index is 0.102. The first-order valence-electron chi connectivity index (χ1n) is 6.30. The largest absolute Gasteiger partial charge is 0.339 e. The number of fused-ring (bicyclic) bond motifs is 1. The van der Waals surface area contributed by atoms with Gasteiger partial charge in [-0.15, -0.1) is 0 Å². The van der Waals surface area contributed by atoms with Gasteiger partial charge in [-0.3, -0.25) is 9.36 Å². The average molecular weight is 265 g/mol. The number of thiazole rings is 1. The van der Waals surface area contributed by atoms with Gasteiger partial charge in [0.05, 0.1) is 6.54 Å². The Morgan fingerprint density at radius 1 is 1.39 bits per heavy atom. The molecular weight excluding hydrogens is 250 g/mol. The van der Waals surface area contributed by atoms with E-state index in [0.717, 1.165) is 25.7 Å². The molecule has 0 aliphatic heterocycles. The molecule has 6 heteroatoms. The smallest absolute Gasteiger partial charge is 0.307 e. The number of hydrogen-bond donors (Lipinski definition) is 0. The molecular formula is C12H15N3O2S. The van der Waals surface area contributed by atoms with E-state index < -0.39 is 0 Å². The number of nitrogens with zero attached hydrogens (tertiary/aromatic N) is 3. The van der Waals surface area contributed by atoms with Gasteiger partial charge in [0.1, 0.15) is 0 Å². The lowest BCUT2D eigenvalue weighted by Gasteiger charge is -2.12. The molecule has 0 aromatic carbocycles. The Hall–Kier alpha value is -1.43. The van der Waals surface area contributed by atoms with Crippen molar-refractivity contribution in [3.63, 3.8) is 0 Å². The van der Waals surface area contributed by atoms with Crippen LogP contribution >= 0.6 is 11.3 Å². The van der Waals surface area contributed by atoms with Crippen molar-refractivity contribution in [3.05, 3.63) is 32.0 Å². The lowest BCUT2D eigenvalue weighted by molar-refractivity contribution is 0.375. The second-order valence-electron chi connectivity index (χ2n) is 4.49. The van der Waals surface area contributed by atoms with Gasteiger partial charge in [-0.2, -0.15) is 4.98 Å². The van der Waals surface area contributed by atoms with Gasteiger partial charge in [0.2, 0.25) is 5.89 Å². The van der Waals surface area contributed by atoms with Crippen molar-refractivity contribution in [2.45, 2.75) is 45.6 Å². The first-order valence-corrected chi connectivity index (χ1v) is 7.12. The molecule has 0 N–H and O–H groups in total. The molecule has 0 atom stereocenters. The van der Waals surface area contributed by atoms with Crippen molar-refractivity contribution in [2.24, 2.45) is 0 Å². The molecule has 0 saturated carbocycles. The van der Waals surface area contributed by atoms with Gasteiger partial charge in [-0.1, -0.05) is 23.4 Å². The number of rotatable bonds is 3.